The summed E-state index contributed by atoms with van der Waals surface area (Å²) in [5.41, 5.74) is 0.485. The van der Waals surface area contributed by atoms with Gasteiger partial charge in [0.15, 0.2) is 0 Å². The lowest BCUT2D eigenvalue weighted by atomic mass is 9.77. The van der Waals surface area contributed by atoms with Crippen LogP contribution in [0.3, 0.4) is 0 Å². The minimum Gasteiger partial charge on any atom is -0.481 e. The van der Waals surface area contributed by atoms with E-state index in [-0.39, 0.29) is 12.4 Å². The number of rotatable bonds is 4. The molecule has 0 aliphatic heterocycles. The predicted molar refractivity (Wildman–Crippen MR) is 64.9 cm³/mol. The number of aliphatic carboxylic acids is 1. The average molecular weight is 252 g/mol. The second-order valence-electron chi connectivity index (χ2n) is 4.83. The Hall–Kier alpha value is -1.42. The van der Waals surface area contributed by atoms with Crippen molar-refractivity contribution in [2.75, 3.05) is 7.11 Å². The van der Waals surface area contributed by atoms with Gasteiger partial charge >= 0.3 is 5.97 Å². The highest BCUT2D eigenvalue weighted by atomic mass is 19.1. The van der Waals surface area contributed by atoms with Crippen LogP contribution in [0.15, 0.2) is 18.2 Å². The van der Waals surface area contributed by atoms with Gasteiger partial charge in [-0.25, -0.2) is 4.39 Å². The Labute approximate surface area is 106 Å². The van der Waals surface area contributed by atoms with E-state index in [1.54, 1.807) is 6.07 Å². The van der Waals surface area contributed by atoms with Crippen molar-refractivity contribution in [3.63, 3.8) is 0 Å². The Morgan fingerprint density at radius 3 is 2.67 bits per heavy atom. The maximum atomic E-state index is 13.3. The molecule has 0 aromatic heterocycles. The third kappa shape index (κ3) is 2.12. The molecular weight excluding hydrogens is 235 g/mol. The van der Waals surface area contributed by atoms with Gasteiger partial charge in [0.1, 0.15) is 5.82 Å². The second kappa shape index (κ2) is 5.06. The summed E-state index contributed by atoms with van der Waals surface area (Å²) < 4.78 is 18.3. The molecule has 18 heavy (non-hydrogen) atoms. The topological polar surface area (TPSA) is 46.5 Å². The lowest BCUT2D eigenvalue weighted by Gasteiger charge is -2.27. The van der Waals surface area contributed by atoms with Crippen LogP contribution in [0, 0.1) is 5.82 Å². The largest absolute Gasteiger partial charge is 0.481 e. The SMILES string of the molecule is COCc1cc(F)ccc1C1(C(=O)O)CCCC1. The van der Waals surface area contributed by atoms with E-state index in [2.05, 4.69) is 0 Å². The Balaban J connectivity index is 2.50. The number of benzene rings is 1. The summed E-state index contributed by atoms with van der Waals surface area (Å²) in [6.07, 6.45) is 3.03. The second-order valence-corrected chi connectivity index (χ2v) is 4.83. The van der Waals surface area contributed by atoms with Crippen LogP contribution in [0.5, 0.6) is 0 Å². The molecule has 0 radical (unpaired) electrons. The van der Waals surface area contributed by atoms with E-state index in [1.807, 2.05) is 0 Å². The molecule has 0 amide bonds. The van der Waals surface area contributed by atoms with Crippen molar-refractivity contribution in [3.05, 3.63) is 35.1 Å². The van der Waals surface area contributed by atoms with Crippen molar-refractivity contribution in [2.45, 2.75) is 37.7 Å². The molecule has 1 aromatic carbocycles. The number of hydrogen-bond donors (Lipinski definition) is 1. The van der Waals surface area contributed by atoms with E-state index in [9.17, 15) is 14.3 Å². The molecule has 0 heterocycles. The zero-order valence-corrected chi connectivity index (χ0v) is 10.4. The summed E-state index contributed by atoms with van der Waals surface area (Å²) in [7, 11) is 1.52. The maximum absolute atomic E-state index is 13.3. The van der Waals surface area contributed by atoms with Crippen LogP contribution < -0.4 is 0 Å². The summed E-state index contributed by atoms with van der Waals surface area (Å²) in [5, 5.41) is 9.54. The van der Waals surface area contributed by atoms with Gasteiger partial charge in [-0.05, 0) is 36.1 Å². The zero-order chi connectivity index (χ0) is 13.2. The third-order valence-corrected chi connectivity index (χ3v) is 3.75. The first-order valence-corrected chi connectivity index (χ1v) is 6.11. The van der Waals surface area contributed by atoms with E-state index >= 15 is 0 Å². The van der Waals surface area contributed by atoms with Gasteiger partial charge in [0.2, 0.25) is 0 Å². The molecule has 2 rings (SSSR count). The van der Waals surface area contributed by atoms with Crippen LogP contribution in [0.2, 0.25) is 0 Å². The highest BCUT2D eigenvalue weighted by Crippen LogP contribution is 2.43. The molecule has 1 aliphatic rings. The van der Waals surface area contributed by atoms with Gasteiger partial charge in [-0.2, -0.15) is 0 Å². The molecule has 0 saturated heterocycles. The summed E-state index contributed by atoms with van der Waals surface area (Å²) >= 11 is 0. The molecule has 0 spiro atoms. The van der Waals surface area contributed by atoms with E-state index in [0.717, 1.165) is 12.8 Å². The molecule has 4 heteroatoms. The van der Waals surface area contributed by atoms with Crippen molar-refractivity contribution in [1.82, 2.24) is 0 Å². The van der Waals surface area contributed by atoms with E-state index < -0.39 is 11.4 Å². The number of hydrogen-bond acceptors (Lipinski definition) is 2. The molecule has 1 aliphatic carbocycles. The maximum Gasteiger partial charge on any atom is 0.314 e. The summed E-state index contributed by atoms with van der Waals surface area (Å²) in [5.74, 6) is -1.17. The molecule has 0 bridgehead atoms. The fraction of sp³-hybridized carbons (Fsp3) is 0.500. The van der Waals surface area contributed by atoms with Gasteiger partial charge in [0.05, 0.1) is 12.0 Å². The molecule has 98 valence electrons. The Morgan fingerprint density at radius 2 is 2.11 bits per heavy atom. The molecule has 0 atom stereocenters. The van der Waals surface area contributed by atoms with E-state index in [0.29, 0.717) is 24.0 Å². The zero-order valence-electron chi connectivity index (χ0n) is 10.4. The molecule has 0 unspecified atom stereocenters. The molecule has 3 nitrogen and oxygen atoms in total. The quantitative estimate of drug-likeness (QED) is 0.896. The smallest absolute Gasteiger partial charge is 0.314 e. The number of methoxy groups -OCH3 is 1. The van der Waals surface area contributed by atoms with Crippen LogP contribution >= 0.6 is 0 Å². The normalized spacial score (nSPS) is 17.9. The Morgan fingerprint density at radius 1 is 1.44 bits per heavy atom. The Kier molecular flexibility index (Phi) is 3.66. The van der Waals surface area contributed by atoms with Crippen molar-refractivity contribution in [2.24, 2.45) is 0 Å². The molecular formula is C14H17FO3. The van der Waals surface area contributed by atoms with Crippen LogP contribution in [0.25, 0.3) is 0 Å². The minimum absolute atomic E-state index is 0.238. The van der Waals surface area contributed by atoms with Gasteiger partial charge in [0.25, 0.3) is 0 Å². The molecule has 1 fully saturated rings. The molecule has 1 saturated carbocycles. The highest BCUT2D eigenvalue weighted by molar-refractivity contribution is 5.82. The summed E-state index contributed by atoms with van der Waals surface area (Å²) in [4.78, 5) is 11.6. The molecule has 1 aromatic rings. The first kappa shape index (κ1) is 13.0. The highest BCUT2D eigenvalue weighted by Gasteiger charge is 2.44. The first-order valence-electron chi connectivity index (χ1n) is 6.11. The standard InChI is InChI=1S/C14H17FO3/c1-18-9-10-8-11(15)4-5-12(10)14(13(16)17)6-2-3-7-14/h4-5,8H,2-3,6-7,9H2,1H3,(H,16,17). The lowest BCUT2D eigenvalue weighted by Crippen LogP contribution is -2.33. The monoisotopic (exact) mass is 252 g/mol. The first-order chi connectivity index (χ1) is 8.60. The fourth-order valence-electron chi connectivity index (χ4n) is 2.88. The lowest BCUT2D eigenvalue weighted by molar-refractivity contribution is -0.143. The van der Waals surface area contributed by atoms with Crippen LogP contribution in [-0.4, -0.2) is 18.2 Å². The number of carboxylic acids is 1. The van der Waals surface area contributed by atoms with Gasteiger partial charge in [-0.3, -0.25) is 4.79 Å². The van der Waals surface area contributed by atoms with E-state index in [4.69, 9.17) is 4.74 Å². The average Bonchev–Trinajstić information content (AvgIpc) is 2.80. The fourth-order valence-corrected chi connectivity index (χ4v) is 2.88. The third-order valence-electron chi connectivity index (χ3n) is 3.75. The van der Waals surface area contributed by atoms with Crippen molar-refractivity contribution < 1.29 is 19.0 Å². The van der Waals surface area contributed by atoms with E-state index in [1.165, 1.54) is 19.2 Å². The van der Waals surface area contributed by atoms with Gasteiger partial charge in [-0.15, -0.1) is 0 Å². The van der Waals surface area contributed by atoms with Crippen molar-refractivity contribution in [1.29, 1.82) is 0 Å². The Bertz CT molecular complexity index is 450. The van der Waals surface area contributed by atoms with Gasteiger partial charge < -0.3 is 9.84 Å². The number of carboxylic acid groups (broad SMARTS) is 1. The number of ether oxygens (including phenoxy) is 1. The number of carbonyl (C=O) groups is 1. The molecule has 1 N–H and O–H groups in total. The van der Waals surface area contributed by atoms with Crippen molar-refractivity contribution in [3.8, 4) is 0 Å². The summed E-state index contributed by atoms with van der Waals surface area (Å²) in [6, 6.07) is 4.31. The van der Waals surface area contributed by atoms with Gasteiger partial charge in [-0.1, -0.05) is 18.9 Å². The van der Waals surface area contributed by atoms with Crippen molar-refractivity contribution >= 4 is 5.97 Å². The predicted octanol–water partition coefficient (Wildman–Crippen LogP) is 2.87. The summed E-state index contributed by atoms with van der Waals surface area (Å²) in [6.45, 7) is 0.238. The minimum atomic E-state index is -0.860. The number of halogens is 1. The van der Waals surface area contributed by atoms with Crippen LogP contribution in [-0.2, 0) is 21.6 Å². The van der Waals surface area contributed by atoms with Gasteiger partial charge in [0, 0.05) is 7.11 Å². The van der Waals surface area contributed by atoms with Crippen LogP contribution in [0.1, 0.15) is 36.8 Å². The van der Waals surface area contributed by atoms with Crippen LogP contribution in [0.4, 0.5) is 4.39 Å².